The molecule has 0 radical (unpaired) electrons. The number of halogens is 7. The Kier molecular flexibility index (Phi) is 13.0. The van der Waals surface area contributed by atoms with Crippen LogP contribution in [0.2, 0.25) is 5.02 Å². The third-order valence-electron chi connectivity index (χ3n) is 7.60. The molecule has 2 amide bonds. The number of hydrogen-bond donors (Lipinski definition) is 5. The molecule has 1 saturated heterocycles. The predicted molar refractivity (Wildman–Crippen MR) is 180 cm³/mol. The van der Waals surface area contributed by atoms with Gasteiger partial charge in [-0.15, -0.1) is 0 Å². The standard InChI is InChI=1S/C28H28ClN9O2.2C2HF3O2/c1-37-16-20(12-32-37)27(40)38-7-6-18(15-38)9-25(39)35-24-5-4-21-10-19(24)3-2-17-8-22(13-30-11-17)34-28-31-14-23(29)26(33-21)36-28;2*3-2(4,5)1(6)7/h4-5,8,10-14,16,18H,2-3,6-7,9,15H2,1H3,(H,35,39)(H2,31,33,34,36);2*(H,6,7)/t18-;;/m1../s1. The summed E-state index contributed by atoms with van der Waals surface area (Å²) >= 11 is 6.37. The van der Waals surface area contributed by atoms with Gasteiger partial charge in [0.25, 0.3) is 5.91 Å². The SMILES string of the molecule is Cn1cc(C(=O)N2CC[C@H](CC(=O)Nc3ccc4cc3CCc3cncc(c3)Nc3ncc(Cl)c(n3)N4)C2)cn1.O=C(O)C(F)(F)F.O=C(O)C(F)(F)F. The van der Waals surface area contributed by atoms with E-state index in [2.05, 4.69) is 36.0 Å². The maximum atomic E-state index is 13.1. The van der Waals surface area contributed by atoms with E-state index in [1.54, 1.807) is 41.4 Å². The van der Waals surface area contributed by atoms with Crippen LogP contribution in [0.4, 0.5) is 55.2 Å². The number of nitrogens with zero attached hydrogens (tertiary/aromatic N) is 6. The molecular weight excluding hydrogens is 756 g/mol. The van der Waals surface area contributed by atoms with Gasteiger partial charge in [-0.1, -0.05) is 11.6 Å². The fraction of sp³-hybridized carbons (Fsp3) is 0.312. The first-order valence-electron chi connectivity index (χ1n) is 15.6. The van der Waals surface area contributed by atoms with Gasteiger partial charge in [0, 0.05) is 50.3 Å². The van der Waals surface area contributed by atoms with E-state index in [9.17, 15) is 35.9 Å². The highest BCUT2D eigenvalue weighted by Crippen LogP contribution is 2.30. The van der Waals surface area contributed by atoms with Crippen LogP contribution in [0.1, 0.15) is 34.3 Å². The molecule has 2 aliphatic heterocycles. The number of pyridine rings is 1. The Labute approximate surface area is 306 Å². The van der Waals surface area contributed by atoms with E-state index in [0.29, 0.717) is 48.3 Å². The molecule has 54 heavy (non-hydrogen) atoms. The number of aromatic nitrogens is 5. The number of anilines is 5. The molecule has 3 aromatic heterocycles. The zero-order chi connectivity index (χ0) is 39.8. The van der Waals surface area contributed by atoms with Crippen molar-refractivity contribution in [2.45, 2.75) is 38.0 Å². The summed E-state index contributed by atoms with van der Waals surface area (Å²) in [5.41, 5.74) is 4.90. The molecule has 5 heterocycles. The Morgan fingerprint density at radius 3 is 2.26 bits per heavy atom. The van der Waals surface area contributed by atoms with Gasteiger partial charge in [0.15, 0.2) is 5.82 Å². The molecule has 0 saturated carbocycles. The van der Waals surface area contributed by atoms with Gasteiger partial charge in [-0.05, 0) is 60.6 Å². The number of rotatable bonds is 4. The first-order chi connectivity index (χ1) is 25.3. The van der Waals surface area contributed by atoms with Crippen LogP contribution in [0.25, 0.3) is 0 Å². The molecule has 1 fully saturated rings. The highest BCUT2D eigenvalue weighted by molar-refractivity contribution is 6.32. The minimum Gasteiger partial charge on any atom is -0.475 e. The Morgan fingerprint density at radius 2 is 1.63 bits per heavy atom. The Balaban J connectivity index is 0.000000396. The number of nitrogens with one attached hydrogen (secondary N) is 3. The van der Waals surface area contributed by atoms with Crippen LogP contribution < -0.4 is 16.0 Å². The average molecular weight is 786 g/mol. The lowest BCUT2D eigenvalue weighted by molar-refractivity contribution is -0.193. The van der Waals surface area contributed by atoms with E-state index < -0.39 is 24.3 Å². The lowest BCUT2D eigenvalue weighted by Gasteiger charge is -2.17. The van der Waals surface area contributed by atoms with Crippen molar-refractivity contribution in [1.82, 2.24) is 29.6 Å². The number of carboxylic acids is 2. The highest BCUT2D eigenvalue weighted by Gasteiger charge is 2.39. The van der Waals surface area contributed by atoms with E-state index in [0.717, 1.165) is 41.0 Å². The molecular formula is C32H30ClF6N9O6. The predicted octanol–water partition coefficient (Wildman–Crippen LogP) is 5.60. The van der Waals surface area contributed by atoms with Crippen LogP contribution in [0.3, 0.4) is 0 Å². The van der Waals surface area contributed by atoms with Gasteiger partial charge in [0.05, 0.1) is 29.8 Å². The van der Waals surface area contributed by atoms with Crippen molar-refractivity contribution in [2.24, 2.45) is 13.0 Å². The second-order valence-corrected chi connectivity index (χ2v) is 12.2. The summed E-state index contributed by atoms with van der Waals surface area (Å²) in [7, 11) is 1.78. The van der Waals surface area contributed by atoms with Gasteiger partial charge < -0.3 is 31.1 Å². The number of likely N-dealkylation sites (tertiary alicyclic amines) is 1. The summed E-state index contributed by atoms with van der Waals surface area (Å²) in [5, 5.41) is 28.3. The quantitative estimate of drug-likeness (QED) is 0.161. The largest absolute Gasteiger partial charge is 0.490 e. The minimum absolute atomic E-state index is 0.0463. The highest BCUT2D eigenvalue weighted by atomic mass is 35.5. The second kappa shape index (κ2) is 17.2. The number of carbonyl (C=O) groups is 4. The van der Waals surface area contributed by atoms with Crippen molar-refractivity contribution >= 4 is 64.2 Å². The van der Waals surface area contributed by atoms with E-state index in [-0.39, 0.29) is 17.7 Å². The van der Waals surface area contributed by atoms with Crippen molar-refractivity contribution in [1.29, 1.82) is 0 Å². The van der Waals surface area contributed by atoms with E-state index >= 15 is 0 Å². The summed E-state index contributed by atoms with van der Waals surface area (Å²) in [6, 6.07) is 7.79. The minimum atomic E-state index is -5.08. The number of aliphatic carboxylic acids is 2. The number of carboxylic acid groups (broad SMARTS) is 2. The van der Waals surface area contributed by atoms with Gasteiger partial charge in [0.1, 0.15) is 5.02 Å². The molecule has 6 rings (SSSR count). The van der Waals surface area contributed by atoms with Crippen molar-refractivity contribution in [3.8, 4) is 0 Å². The van der Waals surface area contributed by atoms with Crippen molar-refractivity contribution in [2.75, 3.05) is 29.0 Å². The number of amides is 2. The Bertz CT molecular complexity index is 1990. The third kappa shape index (κ3) is 11.8. The molecule has 0 spiro atoms. The van der Waals surface area contributed by atoms with Gasteiger partial charge in [0.2, 0.25) is 11.9 Å². The Morgan fingerprint density at radius 1 is 0.944 bits per heavy atom. The van der Waals surface area contributed by atoms with Gasteiger partial charge in [-0.2, -0.15) is 36.4 Å². The molecule has 1 atom stereocenters. The van der Waals surface area contributed by atoms with E-state index in [1.165, 1.54) is 0 Å². The number of hydrogen-bond acceptors (Lipinski definition) is 10. The zero-order valence-corrected chi connectivity index (χ0v) is 28.6. The van der Waals surface area contributed by atoms with Crippen LogP contribution in [0, 0.1) is 5.92 Å². The van der Waals surface area contributed by atoms with Crippen molar-refractivity contribution in [3.63, 3.8) is 0 Å². The molecule has 5 N–H and O–H groups in total. The fourth-order valence-electron chi connectivity index (χ4n) is 5.11. The third-order valence-corrected chi connectivity index (χ3v) is 7.88. The zero-order valence-electron chi connectivity index (χ0n) is 27.9. The van der Waals surface area contributed by atoms with Crippen molar-refractivity contribution in [3.05, 3.63) is 77.0 Å². The van der Waals surface area contributed by atoms with Crippen LogP contribution in [-0.2, 0) is 34.3 Å². The second-order valence-electron chi connectivity index (χ2n) is 11.8. The Hall–Kier alpha value is -5.99. The fourth-order valence-corrected chi connectivity index (χ4v) is 5.25. The summed E-state index contributed by atoms with van der Waals surface area (Å²) in [4.78, 5) is 58.6. The van der Waals surface area contributed by atoms with Gasteiger partial charge in [-0.25, -0.2) is 14.6 Å². The molecule has 4 aromatic rings. The number of aryl methyl sites for hydroxylation is 3. The first kappa shape index (κ1) is 40.8. The number of alkyl halides is 6. The maximum absolute atomic E-state index is 13.1. The van der Waals surface area contributed by atoms with Crippen LogP contribution in [0.5, 0.6) is 0 Å². The topological polar surface area (TPSA) is 205 Å². The van der Waals surface area contributed by atoms with E-state index in [1.807, 2.05) is 30.5 Å². The molecule has 15 nitrogen and oxygen atoms in total. The summed E-state index contributed by atoms with van der Waals surface area (Å²) in [6.07, 6.45) is 0.751. The van der Waals surface area contributed by atoms with Crippen LogP contribution in [0.15, 0.2) is 55.2 Å². The normalized spacial score (nSPS) is 14.9. The number of benzene rings is 1. The van der Waals surface area contributed by atoms with Gasteiger partial charge >= 0.3 is 24.3 Å². The summed E-state index contributed by atoms with van der Waals surface area (Å²) in [6.45, 7) is 1.18. The maximum Gasteiger partial charge on any atom is 0.490 e. The first-order valence-corrected chi connectivity index (χ1v) is 16.0. The summed E-state index contributed by atoms with van der Waals surface area (Å²) in [5.74, 6) is -4.66. The van der Waals surface area contributed by atoms with E-state index in [4.69, 9.17) is 31.4 Å². The number of carbonyl (C=O) groups excluding carboxylic acids is 2. The molecule has 22 heteroatoms. The lowest BCUT2D eigenvalue weighted by Crippen LogP contribution is -2.29. The smallest absolute Gasteiger partial charge is 0.475 e. The van der Waals surface area contributed by atoms with Crippen LogP contribution >= 0.6 is 11.6 Å². The lowest BCUT2D eigenvalue weighted by atomic mass is 10.0. The molecule has 6 bridgehead atoms. The molecule has 2 aliphatic rings. The molecule has 1 aromatic carbocycles. The van der Waals surface area contributed by atoms with Gasteiger partial charge in [-0.3, -0.25) is 19.3 Å². The average Bonchev–Trinajstić information content (AvgIpc) is 3.74. The molecule has 0 unspecified atom stereocenters. The van der Waals surface area contributed by atoms with Crippen LogP contribution in [-0.4, -0.2) is 89.0 Å². The monoisotopic (exact) mass is 785 g/mol. The number of fused-ring (bicyclic) bond motifs is 6. The summed E-state index contributed by atoms with van der Waals surface area (Å²) < 4.78 is 65.1. The van der Waals surface area contributed by atoms with Crippen molar-refractivity contribution < 1.29 is 55.7 Å². The molecule has 288 valence electrons. The molecule has 0 aliphatic carbocycles.